The summed E-state index contributed by atoms with van der Waals surface area (Å²) in [6.07, 6.45) is 0. The minimum absolute atomic E-state index is 0. The molecule has 0 radical (unpaired) electrons. The van der Waals surface area contributed by atoms with E-state index in [1.807, 2.05) is 31.2 Å². The van der Waals surface area contributed by atoms with E-state index < -0.39 is 0 Å². The normalized spacial score (nSPS) is 12.1. The second-order valence-electron chi connectivity index (χ2n) is 5.13. The molecule has 0 bridgehead atoms. The van der Waals surface area contributed by atoms with Gasteiger partial charge in [-0.1, -0.05) is 35.3 Å². The molecule has 1 heterocycles. The minimum atomic E-state index is -0.0285. The van der Waals surface area contributed by atoms with Gasteiger partial charge in [-0.25, -0.2) is 4.98 Å². The number of nitrogens with zero attached hydrogens (tertiary/aromatic N) is 2. The Hall–Kier alpha value is -1.25. The van der Waals surface area contributed by atoms with Crippen molar-refractivity contribution in [1.82, 2.24) is 15.6 Å². The number of aliphatic imine (C=N–C) groups is 1. The van der Waals surface area contributed by atoms with E-state index in [-0.39, 0.29) is 30.0 Å². The Morgan fingerprint density at radius 3 is 2.68 bits per heavy atom. The molecular weight excluding hydrogens is 474 g/mol. The molecule has 0 spiro atoms. The van der Waals surface area contributed by atoms with Gasteiger partial charge in [-0.15, -0.1) is 24.0 Å². The van der Waals surface area contributed by atoms with E-state index in [2.05, 4.69) is 20.6 Å². The number of ether oxygens (including phenoxy) is 1. The summed E-state index contributed by atoms with van der Waals surface area (Å²) in [6, 6.07) is 11.0. The Morgan fingerprint density at radius 2 is 2.04 bits per heavy atom. The predicted molar refractivity (Wildman–Crippen MR) is 114 cm³/mol. The Balaban J connectivity index is 0.00000312. The SMILES string of the molecule is CN=C(NCc1cccc(OC)n1)NC(C)c1ccc(Cl)cc1Cl.I. The number of rotatable bonds is 5. The van der Waals surface area contributed by atoms with Crippen molar-refractivity contribution in [2.75, 3.05) is 14.2 Å². The first-order valence-electron chi connectivity index (χ1n) is 7.45. The van der Waals surface area contributed by atoms with Gasteiger partial charge in [0.15, 0.2) is 5.96 Å². The fraction of sp³-hybridized carbons (Fsp3) is 0.294. The van der Waals surface area contributed by atoms with E-state index in [4.69, 9.17) is 27.9 Å². The zero-order valence-electron chi connectivity index (χ0n) is 14.2. The average Bonchev–Trinajstić information content (AvgIpc) is 2.58. The molecule has 0 aliphatic rings. The molecule has 1 atom stereocenters. The van der Waals surface area contributed by atoms with Crippen molar-refractivity contribution in [3.8, 4) is 5.88 Å². The van der Waals surface area contributed by atoms with Crippen molar-refractivity contribution in [1.29, 1.82) is 0 Å². The van der Waals surface area contributed by atoms with Crippen LogP contribution in [-0.4, -0.2) is 25.1 Å². The lowest BCUT2D eigenvalue weighted by atomic mass is 10.1. The third-order valence-electron chi connectivity index (χ3n) is 3.43. The van der Waals surface area contributed by atoms with Gasteiger partial charge in [-0.3, -0.25) is 4.99 Å². The zero-order chi connectivity index (χ0) is 17.5. The first-order chi connectivity index (χ1) is 11.5. The molecule has 25 heavy (non-hydrogen) atoms. The maximum absolute atomic E-state index is 6.25. The van der Waals surface area contributed by atoms with E-state index in [0.29, 0.717) is 28.4 Å². The number of hydrogen-bond acceptors (Lipinski definition) is 3. The maximum Gasteiger partial charge on any atom is 0.213 e. The molecule has 0 saturated carbocycles. The van der Waals surface area contributed by atoms with Crippen molar-refractivity contribution in [2.45, 2.75) is 19.5 Å². The second kappa shape index (κ2) is 10.7. The van der Waals surface area contributed by atoms with Crippen LogP contribution in [0.4, 0.5) is 0 Å². The fourth-order valence-corrected chi connectivity index (χ4v) is 2.75. The summed E-state index contributed by atoms with van der Waals surface area (Å²) in [6.45, 7) is 2.53. The van der Waals surface area contributed by atoms with Gasteiger partial charge >= 0.3 is 0 Å². The molecule has 2 N–H and O–H groups in total. The highest BCUT2D eigenvalue weighted by Crippen LogP contribution is 2.25. The fourth-order valence-electron chi connectivity index (χ4n) is 2.17. The number of aromatic nitrogens is 1. The predicted octanol–water partition coefficient (Wildman–Crippen LogP) is 4.44. The number of nitrogens with one attached hydrogen (secondary N) is 2. The van der Waals surface area contributed by atoms with E-state index in [0.717, 1.165) is 11.3 Å². The lowest BCUT2D eigenvalue weighted by Crippen LogP contribution is -2.38. The number of benzene rings is 1. The number of halogens is 3. The van der Waals surface area contributed by atoms with Gasteiger partial charge in [0.2, 0.25) is 5.88 Å². The highest BCUT2D eigenvalue weighted by atomic mass is 127. The van der Waals surface area contributed by atoms with Crippen molar-refractivity contribution in [3.63, 3.8) is 0 Å². The third kappa shape index (κ3) is 6.52. The number of guanidine groups is 1. The summed E-state index contributed by atoms with van der Waals surface area (Å²) in [4.78, 5) is 8.58. The maximum atomic E-state index is 6.25. The van der Waals surface area contributed by atoms with E-state index in [1.54, 1.807) is 26.3 Å². The Bertz CT molecular complexity index is 728. The van der Waals surface area contributed by atoms with Crippen LogP contribution in [-0.2, 0) is 6.54 Å². The van der Waals surface area contributed by atoms with Crippen LogP contribution in [0.5, 0.6) is 5.88 Å². The van der Waals surface area contributed by atoms with Gasteiger partial charge < -0.3 is 15.4 Å². The van der Waals surface area contributed by atoms with Crippen LogP contribution < -0.4 is 15.4 Å². The minimum Gasteiger partial charge on any atom is -0.481 e. The monoisotopic (exact) mass is 494 g/mol. The quantitative estimate of drug-likeness (QED) is 0.366. The first kappa shape index (κ1) is 21.8. The molecule has 1 unspecified atom stereocenters. The lowest BCUT2D eigenvalue weighted by Gasteiger charge is -2.19. The average molecular weight is 495 g/mol. The first-order valence-corrected chi connectivity index (χ1v) is 8.21. The largest absolute Gasteiger partial charge is 0.481 e. The number of hydrogen-bond donors (Lipinski definition) is 2. The molecule has 0 aliphatic carbocycles. The number of pyridine rings is 1. The molecular formula is C17H21Cl2IN4O. The summed E-state index contributed by atoms with van der Waals surface area (Å²) >= 11 is 12.2. The molecule has 2 rings (SSSR count). The molecule has 136 valence electrons. The summed E-state index contributed by atoms with van der Waals surface area (Å²) < 4.78 is 5.12. The van der Waals surface area contributed by atoms with Gasteiger partial charge in [0.05, 0.1) is 25.4 Å². The topological polar surface area (TPSA) is 58.5 Å². The molecule has 0 saturated heterocycles. The smallest absolute Gasteiger partial charge is 0.213 e. The van der Waals surface area contributed by atoms with Gasteiger partial charge in [0.25, 0.3) is 0 Å². The van der Waals surface area contributed by atoms with E-state index in [1.165, 1.54) is 0 Å². The molecule has 1 aromatic heterocycles. The summed E-state index contributed by atoms with van der Waals surface area (Å²) in [5.74, 6) is 1.23. The van der Waals surface area contributed by atoms with Crippen molar-refractivity contribution in [3.05, 3.63) is 57.7 Å². The van der Waals surface area contributed by atoms with Crippen LogP contribution in [0.3, 0.4) is 0 Å². The third-order valence-corrected chi connectivity index (χ3v) is 4.00. The molecule has 0 fully saturated rings. The van der Waals surface area contributed by atoms with Gasteiger partial charge in [0, 0.05) is 23.2 Å². The van der Waals surface area contributed by atoms with Crippen LogP contribution in [0.2, 0.25) is 10.0 Å². The molecule has 0 amide bonds. The second-order valence-corrected chi connectivity index (χ2v) is 5.97. The van der Waals surface area contributed by atoms with E-state index in [9.17, 15) is 0 Å². The standard InChI is InChI=1S/C17H20Cl2N4O.HI/c1-11(14-8-7-12(18)9-15(14)19)22-17(20-2)21-10-13-5-4-6-16(23-13)24-3;/h4-9,11H,10H2,1-3H3,(H2,20,21,22);1H. The molecule has 2 aromatic rings. The molecule has 0 aliphatic heterocycles. The molecule has 8 heteroatoms. The highest BCUT2D eigenvalue weighted by Gasteiger charge is 2.12. The van der Waals surface area contributed by atoms with Gasteiger partial charge in [-0.05, 0) is 30.7 Å². The summed E-state index contributed by atoms with van der Waals surface area (Å²) in [7, 11) is 3.31. The van der Waals surface area contributed by atoms with E-state index >= 15 is 0 Å². The zero-order valence-corrected chi connectivity index (χ0v) is 18.1. The Morgan fingerprint density at radius 1 is 1.28 bits per heavy atom. The number of methoxy groups -OCH3 is 1. The summed E-state index contributed by atoms with van der Waals surface area (Å²) in [5, 5.41) is 7.75. The van der Waals surface area contributed by atoms with Crippen LogP contribution in [0, 0.1) is 0 Å². The van der Waals surface area contributed by atoms with Crippen LogP contribution in [0.1, 0.15) is 24.2 Å². The van der Waals surface area contributed by atoms with Crippen molar-refractivity contribution in [2.24, 2.45) is 4.99 Å². The molecule has 1 aromatic carbocycles. The van der Waals surface area contributed by atoms with Crippen molar-refractivity contribution < 1.29 is 4.74 Å². The Labute approximate surface area is 175 Å². The Kier molecular flexibility index (Phi) is 9.31. The summed E-state index contributed by atoms with van der Waals surface area (Å²) in [5.41, 5.74) is 1.80. The van der Waals surface area contributed by atoms with Crippen molar-refractivity contribution >= 4 is 53.1 Å². The lowest BCUT2D eigenvalue weighted by molar-refractivity contribution is 0.396. The van der Waals surface area contributed by atoms with Gasteiger partial charge in [0.1, 0.15) is 0 Å². The van der Waals surface area contributed by atoms with Crippen LogP contribution in [0.15, 0.2) is 41.4 Å². The highest BCUT2D eigenvalue weighted by molar-refractivity contribution is 14.0. The molecule has 5 nitrogen and oxygen atoms in total. The van der Waals surface area contributed by atoms with Crippen LogP contribution >= 0.6 is 47.2 Å². The van der Waals surface area contributed by atoms with Gasteiger partial charge in [-0.2, -0.15) is 0 Å². The van der Waals surface area contributed by atoms with Crippen LogP contribution in [0.25, 0.3) is 0 Å².